The van der Waals surface area contributed by atoms with Crippen LogP contribution in [-0.4, -0.2) is 12.0 Å². The molecule has 0 amide bonds. The molecule has 0 aliphatic heterocycles. The van der Waals surface area contributed by atoms with E-state index in [2.05, 4.69) is 86.9 Å². The minimum Gasteiger partial charge on any atom is -0.388 e. The predicted molar refractivity (Wildman–Crippen MR) is 144 cm³/mol. The molecule has 5 heteroatoms. The second-order valence-corrected chi connectivity index (χ2v) is 9.01. The summed E-state index contributed by atoms with van der Waals surface area (Å²) < 4.78 is 0. The van der Waals surface area contributed by atoms with Gasteiger partial charge < -0.3 is 21.7 Å². The third-order valence-corrected chi connectivity index (χ3v) is 6.84. The van der Waals surface area contributed by atoms with Crippen LogP contribution in [0.15, 0.2) is 55.0 Å². The fourth-order valence-electron chi connectivity index (χ4n) is 4.26. The van der Waals surface area contributed by atoms with Crippen LogP contribution in [0.25, 0.3) is 0 Å². The SMILES string of the molecule is C=C(Nc1cnc(N)c(CC)c1)C(=C)NC(CC(CC)[C@@H](C)CC)c1ccc(C)c(NC)c1. The van der Waals surface area contributed by atoms with Gasteiger partial charge in [-0.15, -0.1) is 0 Å². The van der Waals surface area contributed by atoms with E-state index in [1.807, 2.05) is 13.1 Å². The zero-order valence-corrected chi connectivity index (χ0v) is 21.4. The van der Waals surface area contributed by atoms with Gasteiger partial charge in [0.05, 0.1) is 29.3 Å². The summed E-state index contributed by atoms with van der Waals surface area (Å²) in [4.78, 5) is 4.29. The van der Waals surface area contributed by atoms with E-state index in [4.69, 9.17) is 5.73 Å². The Labute approximate surface area is 201 Å². The molecule has 0 fully saturated rings. The molecule has 0 aliphatic carbocycles. The topological polar surface area (TPSA) is 75.0 Å². The Morgan fingerprint density at radius 2 is 1.82 bits per heavy atom. The largest absolute Gasteiger partial charge is 0.388 e. The molecule has 0 radical (unpaired) electrons. The first kappa shape index (κ1) is 26.3. The van der Waals surface area contributed by atoms with Gasteiger partial charge in [-0.25, -0.2) is 4.98 Å². The van der Waals surface area contributed by atoms with Crippen molar-refractivity contribution < 1.29 is 0 Å². The normalized spacial score (nSPS) is 13.6. The molecule has 0 aliphatic rings. The Kier molecular flexibility index (Phi) is 9.83. The van der Waals surface area contributed by atoms with Gasteiger partial charge in [-0.2, -0.15) is 0 Å². The fraction of sp³-hybridized carbons (Fsp3) is 0.464. The number of pyridine rings is 1. The standard InChI is InChI=1S/C28H43N5/c1-9-18(4)22(10-2)15-27(24-13-12-19(5)26(16-24)30-8)33-21(7)20(6)32-25-14-23(11-3)28(29)31-17-25/h12-14,16-18,22,27,30,32-33H,6-7,9-11,15H2,1-5,8H3,(H2,29,31)/t18-,22?,27?/m0/s1. The highest BCUT2D eigenvalue weighted by Crippen LogP contribution is 2.32. The van der Waals surface area contributed by atoms with Gasteiger partial charge in [0.2, 0.25) is 0 Å². The minimum atomic E-state index is 0.137. The summed E-state index contributed by atoms with van der Waals surface area (Å²) in [6.45, 7) is 19.6. The molecule has 3 atom stereocenters. The van der Waals surface area contributed by atoms with E-state index in [0.29, 0.717) is 17.7 Å². The zero-order chi connectivity index (χ0) is 24.5. The summed E-state index contributed by atoms with van der Waals surface area (Å²) in [7, 11) is 1.97. The first-order chi connectivity index (χ1) is 15.7. The van der Waals surface area contributed by atoms with E-state index in [1.54, 1.807) is 6.20 Å². The number of hydrogen-bond acceptors (Lipinski definition) is 5. The van der Waals surface area contributed by atoms with Gasteiger partial charge in [-0.1, -0.05) is 65.8 Å². The smallest absolute Gasteiger partial charge is 0.126 e. The van der Waals surface area contributed by atoms with Crippen molar-refractivity contribution in [1.29, 1.82) is 0 Å². The van der Waals surface area contributed by atoms with Gasteiger partial charge in [-0.3, -0.25) is 0 Å². The van der Waals surface area contributed by atoms with Crippen LogP contribution in [0.2, 0.25) is 0 Å². The first-order valence-corrected chi connectivity index (χ1v) is 12.2. The summed E-state index contributed by atoms with van der Waals surface area (Å²) in [5, 5.41) is 10.3. The Morgan fingerprint density at radius 1 is 1.09 bits per heavy atom. The molecule has 5 N–H and O–H groups in total. The molecule has 2 aromatic rings. The van der Waals surface area contributed by atoms with Gasteiger partial charge in [-0.05, 0) is 60.4 Å². The summed E-state index contributed by atoms with van der Waals surface area (Å²) in [6, 6.07) is 8.81. The lowest BCUT2D eigenvalue weighted by atomic mass is 9.82. The van der Waals surface area contributed by atoms with Crippen molar-refractivity contribution in [1.82, 2.24) is 10.3 Å². The van der Waals surface area contributed by atoms with Crippen LogP contribution in [0.1, 0.15) is 69.7 Å². The van der Waals surface area contributed by atoms with Crippen LogP contribution >= 0.6 is 0 Å². The lowest BCUT2D eigenvalue weighted by Crippen LogP contribution is -2.27. The molecule has 0 bridgehead atoms. The van der Waals surface area contributed by atoms with Gasteiger partial charge in [0, 0.05) is 12.7 Å². The summed E-state index contributed by atoms with van der Waals surface area (Å²) in [6.07, 6.45) is 5.94. The third-order valence-electron chi connectivity index (χ3n) is 6.84. The second kappa shape index (κ2) is 12.3. The van der Waals surface area contributed by atoms with Crippen molar-refractivity contribution in [3.63, 3.8) is 0 Å². The molecule has 5 nitrogen and oxygen atoms in total. The summed E-state index contributed by atoms with van der Waals surface area (Å²) in [5.74, 6) is 1.85. The maximum absolute atomic E-state index is 5.95. The second-order valence-electron chi connectivity index (χ2n) is 9.01. The number of nitrogens with one attached hydrogen (secondary N) is 3. The Hall–Kier alpha value is -2.95. The monoisotopic (exact) mass is 449 g/mol. The number of nitrogens with two attached hydrogens (primary N) is 1. The van der Waals surface area contributed by atoms with Crippen LogP contribution < -0.4 is 21.7 Å². The molecule has 1 heterocycles. The van der Waals surface area contributed by atoms with Crippen molar-refractivity contribution in [2.45, 2.75) is 66.3 Å². The molecule has 2 unspecified atom stereocenters. The van der Waals surface area contributed by atoms with Gasteiger partial charge in [0.25, 0.3) is 0 Å². The molecule has 1 aromatic carbocycles. The quantitative estimate of drug-likeness (QED) is 0.253. The van der Waals surface area contributed by atoms with Crippen LogP contribution in [0.3, 0.4) is 0 Å². The summed E-state index contributed by atoms with van der Waals surface area (Å²) >= 11 is 0. The highest BCUT2D eigenvalue weighted by molar-refractivity contribution is 5.56. The van der Waals surface area contributed by atoms with E-state index in [0.717, 1.165) is 47.6 Å². The molecule has 1 aromatic heterocycles. The maximum atomic E-state index is 5.95. The summed E-state index contributed by atoms with van der Waals surface area (Å²) in [5.41, 5.74) is 13.0. The lowest BCUT2D eigenvalue weighted by molar-refractivity contribution is 0.286. The van der Waals surface area contributed by atoms with Crippen LogP contribution in [0, 0.1) is 18.8 Å². The molecule has 0 saturated heterocycles. The average molecular weight is 450 g/mol. The molecule has 33 heavy (non-hydrogen) atoms. The Morgan fingerprint density at radius 3 is 2.42 bits per heavy atom. The zero-order valence-electron chi connectivity index (χ0n) is 21.4. The molecular weight excluding hydrogens is 406 g/mol. The van der Waals surface area contributed by atoms with Crippen molar-refractivity contribution in [3.05, 3.63) is 71.7 Å². The first-order valence-electron chi connectivity index (χ1n) is 12.2. The Balaban J connectivity index is 2.25. The van der Waals surface area contributed by atoms with E-state index in [9.17, 15) is 0 Å². The van der Waals surface area contributed by atoms with Crippen molar-refractivity contribution in [2.75, 3.05) is 23.4 Å². The molecule has 2 rings (SSSR count). The van der Waals surface area contributed by atoms with E-state index in [-0.39, 0.29) is 6.04 Å². The van der Waals surface area contributed by atoms with Gasteiger partial charge >= 0.3 is 0 Å². The molecule has 0 saturated carbocycles. The van der Waals surface area contributed by atoms with Crippen molar-refractivity contribution >= 4 is 17.2 Å². The average Bonchev–Trinajstić information content (AvgIpc) is 2.82. The number of aryl methyl sites for hydroxylation is 2. The predicted octanol–water partition coefficient (Wildman–Crippen LogP) is 6.81. The highest BCUT2D eigenvalue weighted by atomic mass is 15.0. The number of nitrogens with zero attached hydrogens (tertiary/aromatic N) is 1. The number of anilines is 3. The molecule has 0 spiro atoms. The number of aromatic nitrogens is 1. The van der Waals surface area contributed by atoms with E-state index in [1.165, 1.54) is 17.5 Å². The highest BCUT2D eigenvalue weighted by Gasteiger charge is 2.22. The van der Waals surface area contributed by atoms with E-state index < -0.39 is 0 Å². The van der Waals surface area contributed by atoms with E-state index >= 15 is 0 Å². The number of nitrogen functional groups attached to an aromatic ring is 1. The number of benzene rings is 1. The van der Waals surface area contributed by atoms with Crippen LogP contribution in [-0.2, 0) is 6.42 Å². The Bertz CT molecular complexity index is 949. The van der Waals surface area contributed by atoms with Crippen molar-refractivity contribution in [3.8, 4) is 0 Å². The van der Waals surface area contributed by atoms with Gasteiger partial charge in [0.15, 0.2) is 0 Å². The van der Waals surface area contributed by atoms with Crippen molar-refractivity contribution in [2.24, 2.45) is 11.8 Å². The number of hydrogen-bond donors (Lipinski definition) is 4. The number of rotatable bonds is 13. The third kappa shape index (κ3) is 7.01. The molecule has 180 valence electrons. The molecular formula is C28H43N5. The van der Waals surface area contributed by atoms with Crippen LogP contribution in [0.5, 0.6) is 0 Å². The minimum absolute atomic E-state index is 0.137. The van der Waals surface area contributed by atoms with Crippen LogP contribution in [0.4, 0.5) is 17.2 Å². The van der Waals surface area contributed by atoms with Gasteiger partial charge in [0.1, 0.15) is 5.82 Å². The fourth-order valence-corrected chi connectivity index (χ4v) is 4.26. The lowest BCUT2D eigenvalue weighted by Gasteiger charge is -2.30. The maximum Gasteiger partial charge on any atom is 0.126 e.